The SMILES string of the molecule is CN(CCCOc1cccc(Cl)c1)CC(=O)N1CCC(C(=O)Nc2ccccc2)CC1. The second kappa shape index (κ2) is 11.7. The minimum atomic E-state index is -0.0503. The Morgan fingerprint density at radius 3 is 2.58 bits per heavy atom. The van der Waals surface area contributed by atoms with E-state index in [-0.39, 0.29) is 17.7 Å². The fraction of sp³-hybridized carbons (Fsp3) is 0.417. The third-order valence-corrected chi connectivity index (χ3v) is 5.65. The zero-order chi connectivity index (χ0) is 22.1. The fourth-order valence-electron chi connectivity index (χ4n) is 3.65. The first-order valence-electron chi connectivity index (χ1n) is 10.7. The van der Waals surface area contributed by atoms with Crippen molar-refractivity contribution < 1.29 is 14.3 Å². The van der Waals surface area contributed by atoms with E-state index in [1.165, 1.54) is 0 Å². The average Bonchev–Trinajstić information content (AvgIpc) is 2.77. The van der Waals surface area contributed by atoms with Crippen molar-refractivity contribution in [3.63, 3.8) is 0 Å². The van der Waals surface area contributed by atoms with Crippen molar-refractivity contribution >= 4 is 29.1 Å². The maximum atomic E-state index is 12.6. The molecular weight excluding hydrogens is 414 g/mol. The lowest BCUT2D eigenvalue weighted by molar-refractivity contribution is -0.135. The van der Waals surface area contributed by atoms with Crippen molar-refractivity contribution in [2.45, 2.75) is 19.3 Å². The van der Waals surface area contributed by atoms with E-state index in [1.807, 2.05) is 65.4 Å². The Morgan fingerprint density at radius 1 is 1.13 bits per heavy atom. The van der Waals surface area contributed by atoms with Crippen molar-refractivity contribution in [3.8, 4) is 5.75 Å². The zero-order valence-electron chi connectivity index (χ0n) is 17.9. The Hall–Kier alpha value is -2.57. The smallest absolute Gasteiger partial charge is 0.236 e. The molecule has 1 heterocycles. The number of ether oxygens (including phenoxy) is 1. The maximum Gasteiger partial charge on any atom is 0.236 e. The predicted octanol–water partition coefficient (Wildman–Crippen LogP) is 3.92. The molecule has 2 amide bonds. The molecule has 1 aliphatic rings. The third-order valence-electron chi connectivity index (χ3n) is 5.41. The minimum absolute atomic E-state index is 0.0371. The average molecular weight is 444 g/mol. The molecule has 0 radical (unpaired) electrons. The first kappa shape index (κ1) is 23.1. The zero-order valence-corrected chi connectivity index (χ0v) is 18.7. The van der Waals surface area contributed by atoms with Crippen LogP contribution in [0.5, 0.6) is 5.75 Å². The lowest BCUT2D eigenvalue weighted by Gasteiger charge is -2.32. The normalized spacial score (nSPS) is 14.5. The molecule has 0 unspecified atom stereocenters. The van der Waals surface area contributed by atoms with Crippen LogP contribution in [0.4, 0.5) is 5.69 Å². The topological polar surface area (TPSA) is 61.9 Å². The molecule has 6 nitrogen and oxygen atoms in total. The van der Waals surface area contributed by atoms with Crippen molar-refractivity contribution in [1.29, 1.82) is 0 Å². The molecule has 1 fully saturated rings. The van der Waals surface area contributed by atoms with Crippen LogP contribution in [0, 0.1) is 5.92 Å². The summed E-state index contributed by atoms with van der Waals surface area (Å²) in [5.74, 6) is 0.853. The van der Waals surface area contributed by atoms with Crippen LogP contribution in [-0.4, -0.2) is 61.4 Å². The van der Waals surface area contributed by atoms with Gasteiger partial charge >= 0.3 is 0 Å². The number of amides is 2. The molecule has 0 aliphatic carbocycles. The van der Waals surface area contributed by atoms with Gasteiger partial charge in [-0.1, -0.05) is 35.9 Å². The monoisotopic (exact) mass is 443 g/mol. The molecule has 1 saturated heterocycles. The number of benzene rings is 2. The summed E-state index contributed by atoms with van der Waals surface area (Å²) in [6.45, 7) is 2.95. The molecule has 1 N–H and O–H groups in total. The van der Waals surface area contributed by atoms with Gasteiger partial charge in [-0.15, -0.1) is 0 Å². The highest BCUT2D eigenvalue weighted by atomic mass is 35.5. The lowest BCUT2D eigenvalue weighted by atomic mass is 9.95. The molecule has 1 aliphatic heterocycles. The van der Waals surface area contributed by atoms with Crippen LogP contribution in [0.2, 0.25) is 5.02 Å². The lowest BCUT2D eigenvalue weighted by Crippen LogP contribution is -2.45. The van der Waals surface area contributed by atoms with E-state index < -0.39 is 0 Å². The van der Waals surface area contributed by atoms with Crippen molar-refractivity contribution in [2.75, 3.05) is 45.2 Å². The van der Waals surface area contributed by atoms with Crippen LogP contribution in [0.15, 0.2) is 54.6 Å². The number of rotatable bonds is 9. The summed E-state index contributed by atoms with van der Waals surface area (Å²) in [6.07, 6.45) is 2.21. The second-order valence-electron chi connectivity index (χ2n) is 7.91. The molecule has 3 rings (SSSR count). The molecule has 0 spiro atoms. The van der Waals surface area contributed by atoms with Gasteiger partial charge in [-0.3, -0.25) is 14.5 Å². The van der Waals surface area contributed by atoms with E-state index >= 15 is 0 Å². The third kappa shape index (κ3) is 7.56. The molecule has 7 heteroatoms. The Balaban J connectivity index is 1.32. The van der Waals surface area contributed by atoms with Gasteiger partial charge in [0, 0.05) is 36.3 Å². The minimum Gasteiger partial charge on any atom is -0.493 e. The van der Waals surface area contributed by atoms with Gasteiger partial charge in [0.25, 0.3) is 0 Å². The summed E-state index contributed by atoms with van der Waals surface area (Å²) in [5, 5.41) is 3.62. The number of hydrogen-bond donors (Lipinski definition) is 1. The largest absolute Gasteiger partial charge is 0.493 e. The van der Waals surface area contributed by atoms with Gasteiger partial charge in [0.1, 0.15) is 5.75 Å². The van der Waals surface area contributed by atoms with Crippen LogP contribution < -0.4 is 10.1 Å². The number of likely N-dealkylation sites (N-methyl/N-ethyl adjacent to an activating group) is 1. The summed E-state index contributed by atoms with van der Waals surface area (Å²) < 4.78 is 5.69. The van der Waals surface area contributed by atoms with E-state index in [4.69, 9.17) is 16.3 Å². The van der Waals surface area contributed by atoms with Gasteiger partial charge in [-0.05, 0) is 56.6 Å². The summed E-state index contributed by atoms with van der Waals surface area (Å²) >= 11 is 5.95. The van der Waals surface area contributed by atoms with Crippen LogP contribution in [-0.2, 0) is 9.59 Å². The number of para-hydroxylation sites is 1. The summed E-state index contributed by atoms with van der Waals surface area (Å²) in [5.41, 5.74) is 0.812. The van der Waals surface area contributed by atoms with Crippen molar-refractivity contribution in [1.82, 2.24) is 9.80 Å². The van der Waals surface area contributed by atoms with Gasteiger partial charge in [0.2, 0.25) is 11.8 Å². The highest BCUT2D eigenvalue weighted by Crippen LogP contribution is 2.20. The number of likely N-dealkylation sites (tertiary alicyclic amines) is 1. The Bertz CT molecular complexity index is 854. The molecular formula is C24H30ClN3O3. The van der Waals surface area contributed by atoms with Crippen LogP contribution in [0.25, 0.3) is 0 Å². The number of hydrogen-bond acceptors (Lipinski definition) is 4. The Kier molecular flexibility index (Phi) is 8.74. The van der Waals surface area contributed by atoms with E-state index in [2.05, 4.69) is 5.32 Å². The fourth-order valence-corrected chi connectivity index (χ4v) is 3.83. The number of piperidine rings is 1. The highest BCUT2D eigenvalue weighted by molar-refractivity contribution is 6.30. The predicted molar refractivity (Wildman–Crippen MR) is 123 cm³/mol. The van der Waals surface area contributed by atoms with E-state index in [9.17, 15) is 9.59 Å². The number of carbonyl (C=O) groups is 2. The molecule has 2 aromatic carbocycles. The molecule has 31 heavy (non-hydrogen) atoms. The van der Waals surface area contributed by atoms with Gasteiger partial charge in [0.05, 0.1) is 13.2 Å². The van der Waals surface area contributed by atoms with E-state index in [0.29, 0.717) is 44.1 Å². The van der Waals surface area contributed by atoms with Crippen LogP contribution in [0.1, 0.15) is 19.3 Å². The second-order valence-corrected chi connectivity index (χ2v) is 8.34. The van der Waals surface area contributed by atoms with Gasteiger partial charge in [-0.2, -0.15) is 0 Å². The Labute approximate surface area is 189 Å². The first-order valence-corrected chi connectivity index (χ1v) is 11.1. The number of halogens is 1. The van der Waals surface area contributed by atoms with Crippen LogP contribution >= 0.6 is 11.6 Å². The van der Waals surface area contributed by atoms with Gasteiger partial charge in [-0.25, -0.2) is 0 Å². The van der Waals surface area contributed by atoms with Gasteiger partial charge < -0.3 is 15.0 Å². The Morgan fingerprint density at radius 2 is 1.87 bits per heavy atom. The number of anilines is 1. The molecule has 0 aromatic heterocycles. The summed E-state index contributed by atoms with van der Waals surface area (Å²) in [6, 6.07) is 16.8. The maximum absolute atomic E-state index is 12.6. The summed E-state index contributed by atoms with van der Waals surface area (Å²) in [4.78, 5) is 28.9. The van der Waals surface area contributed by atoms with Gasteiger partial charge in [0.15, 0.2) is 0 Å². The number of nitrogens with zero attached hydrogens (tertiary/aromatic N) is 2. The molecule has 0 saturated carbocycles. The van der Waals surface area contributed by atoms with Crippen molar-refractivity contribution in [2.24, 2.45) is 5.92 Å². The molecule has 0 atom stereocenters. The van der Waals surface area contributed by atoms with E-state index in [0.717, 1.165) is 24.4 Å². The number of carbonyl (C=O) groups excluding carboxylic acids is 2. The van der Waals surface area contributed by atoms with Crippen molar-refractivity contribution in [3.05, 3.63) is 59.6 Å². The van der Waals surface area contributed by atoms with E-state index in [1.54, 1.807) is 6.07 Å². The molecule has 2 aromatic rings. The highest BCUT2D eigenvalue weighted by Gasteiger charge is 2.27. The molecule has 166 valence electrons. The number of nitrogens with one attached hydrogen (secondary N) is 1. The quantitative estimate of drug-likeness (QED) is 0.597. The molecule has 0 bridgehead atoms. The first-order chi connectivity index (χ1) is 15.0. The summed E-state index contributed by atoms with van der Waals surface area (Å²) in [7, 11) is 1.94. The van der Waals surface area contributed by atoms with Crippen LogP contribution in [0.3, 0.4) is 0 Å². The standard InChI is InChI=1S/C24H30ClN3O3/c1-27(13-6-16-31-22-10-5-7-20(25)17-22)18-23(29)28-14-11-19(12-15-28)24(30)26-21-8-3-2-4-9-21/h2-5,7-10,17,19H,6,11-16,18H2,1H3,(H,26,30).